The van der Waals surface area contributed by atoms with E-state index in [-0.39, 0.29) is 17.9 Å². The second-order valence-electron chi connectivity index (χ2n) is 7.25. The van der Waals surface area contributed by atoms with E-state index in [4.69, 9.17) is 4.74 Å². The van der Waals surface area contributed by atoms with Gasteiger partial charge in [0.25, 0.3) is 11.7 Å². The number of hydrogen-bond acceptors (Lipinski definition) is 6. The molecule has 1 amide bonds. The highest BCUT2D eigenvalue weighted by molar-refractivity contribution is 6.46. The van der Waals surface area contributed by atoms with Crippen molar-refractivity contribution in [3.05, 3.63) is 95.1 Å². The zero-order chi connectivity index (χ0) is 22.0. The number of benzene rings is 1. The summed E-state index contributed by atoms with van der Waals surface area (Å²) in [6.07, 6.45) is 6.48. The summed E-state index contributed by atoms with van der Waals surface area (Å²) in [5, 5.41) is 11.1. The van der Waals surface area contributed by atoms with Crippen LogP contribution in [-0.2, 0) is 16.1 Å². The summed E-state index contributed by atoms with van der Waals surface area (Å²) in [5.74, 6) is -0.951. The van der Waals surface area contributed by atoms with Gasteiger partial charge in [-0.15, -0.1) is 0 Å². The van der Waals surface area contributed by atoms with E-state index in [1.165, 1.54) is 4.90 Å². The number of pyridine rings is 2. The quantitative estimate of drug-likeness (QED) is 0.390. The van der Waals surface area contributed by atoms with Crippen molar-refractivity contribution < 1.29 is 19.4 Å². The molecule has 1 aromatic carbocycles. The van der Waals surface area contributed by atoms with Crippen LogP contribution in [0.4, 0.5) is 0 Å². The Morgan fingerprint density at radius 3 is 2.52 bits per heavy atom. The minimum absolute atomic E-state index is 0.0460. The Labute approximate surface area is 179 Å². The summed E-state index contributed by atoms with van der Waals surface area (Å²) >= 11 is 0. The topological polar surface area (TPSA) is 92.6 Å². The van der Waals surface area contributed by atoms with E-state index >= 15 is 0 Å². The maximum Gasteiger partial charge on any atom is 0.295 e. The lowest BCUT2D eigenvalue weighted by molar-refractivity contribution is -0.140. The van der Waals surface area contributed by atoms with Crippen molar-refractivity contribution in [1.29, 1.82) is 0 Å². The van der Waals surface area contributed by atoms with Crippen LogP contribution in [0.2, 0.25) is 0 Å². The first-order valence-corrected chi connectivity index (χ1v) is 9.73. The first kappa shape index (κ1) is 20.3. The predicted octanol–water partition coefficient (Wildman–Crippen LogP) is 3.42. The first-order chi connectivity index (χ1) is 15.0. The zero-order valence-corrected chi connectivity index (χ0v) is 17.1. The van der Waals surface area contributed by atoms with Gasteiger partial charge < -0.3 is 14.7 Å². The van der Waals surface area contributed by atoms with Crippen LogP contribution in [0.1, 0.15) is 28.3 Å². The van der Waals surface area contributed by atoms with Crippen LogP contribution in [0.25, 0.3) is 5.76 Å². The van der Waals surface area contributed by atoms with Crippen molar-refractivity contribution in [2.24, 2.45) is 0 Å². The normalized spacial score (nSPS) is 17.7. The van der Waals surface area contributed by atoms with Gasteiger partial charge in [-0.05, 0) is 60.0 Å². The van der Waals surface area contributed by atoms with Crippen molar-refractivity contribution in [3.8, 4) is 5.75 Å². The number of carbonyl (C=O) groups is 2. The summed E-state index contributed by atoms with van der Waals surface area (Å²) in [5.41, 5.74) is 2.76. The summed E-state index contributed by atoms with van der Waals surface area (Å²) in [7, 11) is 1.56. The minimum atomic E-state index is -0.745. The standard InChI is InChI=1S/C24H21N3O4/c1-15-12-18(5-6-19(15)31-2)22(28)20-21(17-7-10-25-11-8-17)27(24(30)23(20)29)14-16-4-3-9-26-13-16/h3-13,21,28H,14H2,1-2H3/t21-/m0/s1. The SMILES string of the molecule is COc1ccc(C(O)=C2C(=O)C(=O)N(Cc3cccnc3)[C@H]2c2ccncc2)cc1C. The van der Waals surface area contributed by atoms with Gasteiger partial charge in [-0.3, -0.25) is 19.6 Å². The molecule has 1 fully saturated rings. The maximum atomic E-state index is 13.0. The predicted molar refractivity (Wildman–Crippen MR) is 114 cm³/mol. The molecule has 3 heterocycles. The van der Waals surface area contributed by atoms with Gasteiger partial charge in [0.2, 0.25) is 0 Å². The van der Waals surface area contributed by atoms with Gasteiger partial charge >= 0.3 is 0 Å². The molecule has 0 aliphatic carbocycles. The molecule has 0 saturated carbocycles. The molecular formula is C24H21N3O4. The number of Topliss-reactive ketones (excluding diaryl/α,β-unsaturated/α-hetero) is 1. The lowest BCUT2D eigenvalue weighted by atomic mass is 9.95. The lowest BCUT2D eigenvalue weighted by Crippen LogP contribution is -2.29. The fraction of sp³-hybridized carbons (Fsp3) is 0.167. The van der Waals surface area contributed by atoms with Gasteiger partial charge in [-0.1, -0.05) is 6.07 Å². The molecule has 1 atom stereocenters. The van der Waals surface area contributed by atoms with Crippen molar-refractivity contribution in [2.75, 3.05) is 7.11 Å². The Kier molecular flexibility index (Phi) is 5.49. The molecule has 3 aromatic rings. The molecule has 2 aromatic heterocycles. The van der Waals surface area contributed by atoms with E-state index < -0.39 is 17.7 Å². The molecule has 1 aliphatic heterocycles. The number of likely N-dealkylation sites (tertiary alicyclic amines) is 1. The Hall–Kier alpha value is -4.00. The smallest absolute Gasteiger partial charge is 0.295 e. The highest BCUT2D eigenvalue weighted by Gasteiger charge is 2.46. The largest absolute Gasteiger partial charge is 0.507 e. The third-order valence-electron chi connectivity index (χ3n) is 5.31. The minimum Gasteiger partial charge on any atom is -0.507 e. The summed E-state index contributed by atoms with van der Waals surface area (Å²) in [6, 6.07) is 11.4. The second kappa shape index (κ2) is 8.39. The number of hydrogen-bond donors (Lipinski definition) is 1. The number of aliphatic hydroxyl groups is 1. The van der Waals surface area contributed by atoms with Crippen molar-refractivity contribution in [1.82, 2.24) is 14.9 Å². The summed E-state index contributed by atoms with van der Waals surface area (Å²) < 4.78 is 5.28. The molecule has 31 heavy (non-hydrogen) atoms. The van der Waals surface area contributed by atoms with Crippen molar-refractivity contribution in [3.63, 3.8) is 0 Å². The van der Waals surface area contributed by atoms with Gasteiger partial charge in [-0.2, -0.15) is 0 Å². The van der Waals surface area contributed by atoms with E-state index in [2.05, 4.69) is 9.97 Å². The molecule has 1 saturated heterocycles. The number of rotatable bonds is 5. The van der Waals surface area contributed by atoms with Gasteiger partial charge in [0, 0.05) is 36.9 Å². The molecule has 4 rings (SSSR count). The maximum absolute atomic E-state index is 13.0. The van der Waals surface area contributed by atoms with E-state index in [0.29, 0.717) is 16.9 Å². The highest BCUT2D eigenvalue weighted by Crippen LogP contribution is 2.40. The lowest BCUT2D eigenvalue weighted by Gasteiger charge is -2.25. The van der Waals surface area contributed by atoms with Crippen molar-refractivity contribution in [2.45, 2.75) is 19.5 Å². The molecule has 0 radical (unpaired) electrons. The number of nitrogens with zero attached hydrogens (tertiary/aromatic N) is 3. The molecule has 7 nitrogen and oxygen atoms in total. The van der Waals surface area contributed by atoms with E-state index in [0.717, 1.165) is 11.1 Å². The number of aryl methyl sites for hydroxylation is 1. The molecule has 1 N–H and O–H groups in total. The average Bonchev–Trinajstić information content (AvgIpc) is 3.04. The number of ether oxygens (including phenoxy) is 1. The average molecular weight is 415 g/mol. The third-order valence-corrected chi connectivity index (χ3v) is 5.31. The Morgan fingerprint density at radius 2 is 1.87 bits per heavy atom. The summed E-state index contributed by atoms with van der Waals surface area (Å²) in [4.78, 5) is 35.6. The zero-order valence-electron chi connectivity index (χ0n) is 17.1. The van der Waals surface area contributed by atoms with Gasteiger partial charge in [0.15, 0.2) is 0 Å². The number of ketones is 1. The van der Waals surface area contributed by atoms with Crippen LogP contribution in [0, 0.1) is 6.92 Å². The van der Waals surface area contributed by atoms with E-state index in [1.807, 2.05) is 13.0 Å². The van der Waals surface area contributed by atoms with Crippen LogP contribution in [-0.4, -0.2) is 38.8 Å². The second-order valence-corrected chi connectivity index (χ2v) is 7.25. The molecule has 7 heteroatoms. The molecular weight excluding hydrogens is 394 g/mol. The molecule has 1 aliphatic rings. The van der Waals surface area contributed by atoms with Crippen molar-refractivity contribution >= 4 is 17.4 Å². The number of aliphatic hydroxyl groups excluding tert-OH is 1. The molecule has 0 unspecified atom stereocenters. The van der Waals surface area contributed by atoms with Gasteiger partial charge in [0.1, 0.15) is 11.5 Å². The molecule has 156 valence electrons. The Bertz CT molecular complexity index is 1160. The Morgan fingerprint density at radius 1 is 1.10 bits per heavy atom. The van der Waals surface area contributed by atoms with Crippen LogP contribution >= 0.6 is 0 Å². The molecule has 0 spiro atoms. The Balaban J connectivity index is 1.85. The molecule has 0 bridgehead atoms. The number of methoxy groups -OCH3 is 1. The van der Waals surface area contributed by atoms with Gasteiger partial charge in [0.05, 0.1) is 18.7 Å². The van der Waals surface area contributed by atoms with Crippen LogP contribution in [0.3, 0.4) is 0 Å². The van der Waals surface area contributed by atoms with Crippen LogP contribution < -0.4 is 4.74 Å². The van der Waals surface area contributed by atoms with Crippen LogP contribution in [0.15, 0.2) is 72.8 Å². The number of amides is 1. The fourth-order valence-electron chi connectivity index (χ4n) is 3.80. The number of carbonyl (C=O) groups excluding carboxylic acids is 2. The van der Waals surface area contributed by atoms with E-state index in [9.17, 15) is 14.7 Å². The summed E-state index contributed by atoms with van der Waals surface area (Å²) in [6.45, 7) is 2.03. The van der Waals surface area contributed by atoms with Crippen LogP contribution in [0.5, 0.6) is 5.75 Å². The number of aromatic nitrogens is 2. The van der Waals surface area contributed by atoms with E-state index in [1.54, 1.807) is 68.3 Å². The first-order valence-electron chi connectivity index (χ1n) is 9.73. The highest BCUT2D eigenvalue weighted by atomic mass is 16.5. The van der Waals surface area contributed by atoms with Gasteiger partial charge in [-0.25, -0.2) is 0 Å². The fourth-order valence-corrected chi connectivity index (χ4v) is 3.80. The third kappa shape index (κ3) is 3.77. The monoisotopic (exact) mass is 415 g/mol.